The van der Waals surface area contributed by atoms with E-state index >= 15 is 0 Å². The number of hydrogen-bond donors (Lipinski definition) is 1. The quantitative estimate of drug-likeness (QED) is 0.892. The predicted molar refractivity (Wildman–Crippen MR) is 82.3 cm³/mol. The zero-order valence-corrected chi connectivity index (χ0v) is 13.8. The Labute approximate surface area is 128 Å². The highest BCUT2D eigenvalue weighted by molar-refractivity contribution is 9.10. The molecule has 0 amide bonds. The fraction of sp³-hybridized carbons (Fsp3) is 0.600. The van der Waals surface area contributed by atoms with E-state index in [0.29, 0.717) is 5.92 Å². The van der Waals surface area contributed by atoms with Crippen molar-refractivity contribution in [1.82, 2.24) is 4.90 Å². The summed E-state index contributed by atoms with van der Waals surface area (Å²) >= 11 is 3.47. The second-order valence-corrected chi connectivity index (χ2v) is 6.18. The molecular weight excluding hydrogens is 322 g/mol. The van der Waals surface area contributed by atoms with Crippen LogP contribution in [0.2, 0.25) is 0 Å². The molecular formula is C15H22BrNO3. The Morgan fingerprint density at radius 2 is 2.05 bits per heavy atom. The van der Waals surface area contributed by atoms with Crippen LogP contribution in [0.15, 0.2) is 16.6 Å². The van der Waals surface area contributed by atoms with Crippen molar-refractivity contribution in [2.45, 2.75) is 26.0 Å². The maximum atomic E-state index is 9.68. The molecule has 0 bridgehead atoms. The van der Waals surface area contributed by atoms with Crippen LogP contribution < -0.4 is 9.47 Å². The zero-order valence-electron chi connectivity index (χ0n) is 12.2. The topological polar surface area (TPSA) is 41.9 Å². The maximum absolute atomic E-state index is 9.68. The highest BCUT2D eigenvalue weighted by Crippen LogP contribution is 2.34. The molecule has 5 heteroatoms. The Morgan fingerprint density at radius 1 is 1.35 bits per heavy atom. The Hall–Kier alpha value is -0.780. The molecule has 1 heterocycles. The van der Waals surface area contributed by atoms with Gasteiger partial charge < -0.3 is 14.6 Å². The minimum absolute atomic E-state index is 0.235. The number of methoxy groups -OCH3 is 2. The molecule has 0 saturated carbocycles. The summed E-state index contributed by atoms with van der Waals surface area (Å²) in [6.07, 6.45) is 0.814. The third-order valence-corrected chi connectivity index (χ3v) is 4.56. The predicted octanol–water partition coefficient (Wildman–Crippen LogP) is 2.67. The van der Waals surface area contributed by atoms with E-state index in [4.69, 9.17) is 9.47 Å². The maximum Gasteiger partial charge on any atom is 0.133 e. The first-order valence-electron chi connectivity index (χ1n) is 6.86. The van der Waals surface area contributed by atoms with Crippen LogP contribution in [0.4, 0.5) is 0 Å². The Kier molecular flexibility index (Phi) is 5.29. The van der Waals surface area contributed by atoms with Crippen molar-refractivity contribution in [3.63, 3.8) is 0 Å². The van der Waals surface area contributed by atoms with Crippen LogP contribution in [0, 0.1) is 5.92 Å². The van der Waals surface area contributed by atoms with E-state index in [1.807, 2.05) is 19.1 Å². The fourth-order valence-corrected chi connectivity index (χ4v) is 3.17. The molecule has 0 spiro atoms. The summed E-state index contributed by atoms with van der Waals surface area (Å²) in [6.45, 7) is 4.63. The van der Waals surface area contributed by atoms with Gasteiger partial charge in [-0.15, -0.1) is 0 Å². The summed E-state index contributed by atoms with van der Waals surface area (Å²) in [7, 11) is 3.34. The SMILES string of the molecule is COc1cc(CN2CCC(C(C)O)C2)c(OC)cc1Br. The van der Waals surface area contributed by atoms with Crippen molar-refractivity contribution in [2.75, 3.05) is 27.3 Å². The number of halogens is 1. The highest BCUT2D eigenvalue weighted by Gasteiger charge is 2.26. The van der Waals surface area contributed by atoms with Crippen LogP contribution in [0.25, 0.3) is 0 Å². The van der Waals surface area contributed by atoms with Gasteiger partial charge in [-0.25, -0.2) is 0 Å². The minimum atomic E-state index is -0.235. The standard InChI is InChI=1S/C15H22BrNO3/c1-10(18)11-4-5-17(8-11)9-12-6-15(20-3)13(16)7-14(12)19-2/h6-7,10-11,18H,4-5,8-9H2,1-3H3. The molecule has 2 unspecified atom stereocenters. The lowest BCUT2D eigenvalue weighted by molar-refractivity contribution is 0.127. The van der Waals surface area contributed by atoms with Crippen molar-refractivity contribution < 1.29 is 14.6 Å². The van der Waals surface area contributed by atoms with Crippen molar-refractivity contribution >= 4 is 15.9 Å². The van der Waals surface area contributed by atoms with Gasteiger partial charge in [-0.3, -0.25) is 4.90 Å². The van der Waals surface area contributed by atoms with Crippen molar-refractivity contribution in [1.29, 1.82) is 0 Å². The number of aliphatic hydroxyl groups is 1. The molecule has 0 aliphatic carbocycles. The first kappa shape index (κ1) is 15.6. The molecule has 4 nitrogen and oxygen atoms in total. The van der Waals surface area contributed by atoms with Gasteiger partial charge in [0.2, 0.25) is 0 Å². The molecule has 1 N–H and O–H groups in total. The molecule has 2 atom stereocenters. The van der Waals surface area contributed by atoms with Crippen LogP contribution >= 0.6 is 15.9 Å². The van der Waals surface area contributed by atoms with Gasteiger partial charge in [-0.2, -0.15) is 0 Å². The van der Waals surface area contributed by atoms with Gasteiger partial charge in [-0.05, 0) is 53.9 Å². The summed E-state index contributed by atoms with van der Waals surface area (Å²) in [5.41, 5.74) is 1.11. The molecule has 0 aromatic heterocycles. The van der Waals surface area contributed by atoms with E-state index in [0.717, 1.165) is 47.6 Å². The molecule has 1 aliphatic heterocycles. The van der Waals surface area contributed by atoms with Gasteiger partial charge in [0.15, 0.2) is 0 Å². The summed E-state index contributed by atoms with van der Waals surface area (Å²) in [6, 6.07) is 3.95. The summed E-state index contributed by atoms with van der Waals surface area (Å²) in [5, 5.41) is 9.68. The number of hydrogen-bond acceptors (Lipinski definition) is 4. The van der Waals surface area contributed by atoms with Crippen molar-refractivity contribution in [2.24, 2.45) is 5.92 Å². The Balaban J connectivity index is 2.13. The molecule has 1 aromatic rings. The zero-order chi connectivity index (χ0) is 14.7. The second-order valence-electron chi connectivity index (χ2n) is 5.32. The summed E-state index contributed by atoms with van der Waals surface area (Å²) < 4.78 is 11.7. The van der Waals surface area contributed by atoms with E-state index in [-0.39, 0.29) is 6.10 Å². The molecule has 1 aliphatic rings. The van der Waals surface area contributed by atoms with E-state index in [9.17, 15) is 5.11 Å². The van der Waals surface area contributed by atoms with E-state index in [1.165, 1.54) is 0 Å². The number of benzene rings is 1. The van der Waals surface area contributed by atoms with Crippen molar-refractivity contribution in [3.8, 4) is 11.5 Å². The van der Waals surface area contributed by atoms with E-state index in [1.54, 1.807) is 14.2 Å². The van der Waals surface area contributed by atoms with Crippen molar-refractivity contribution in [3.05, 3.63) is 22.2 Å². The molecule has 1 aromatic carbocycles. The fourth-order valence-electron chi connectivity index (χ4n) is 2.69. The van der Waals surface area contributed by atoms with Gasteiger partial charge in [0.25, 0.3) is 0 Å². The third-order valence-electron chi connectivity index (χ3n) is 3.94. The van der Waals surface area contributed by atoms with E-state index < -0.39 is 0 Å². The van der Waals surface area contributed by atoms with Gasteiger partial charge in [0, 0.05) is 18.7 Å². The van der Waals surface area contributed by atoms with E-state index in [2.05, 4.69) is 20.8 Å². The average molecular weight is 344 g/mol. The number of rotatable bonds is 5. The van der Waals surface area contributed by atoms with Crippen LogP contribution in [0.3, 0.4) is 0 Å². The lowest BCUT2D eigenvalue weighted by Gasteiger charge is -2.19. The highest BCUT2D eigenvalue weighted by atomic mass is 79.9. The molecule has 20 heavy (non-hydrogen) atoms. The lowest BCUT2D eigenvalue weighted by atomic mass is 10.0. The first-order valence-corrected chi connectivity index (χ1v) is 7.65. The largest absolute Gasteiger partial charge is 0.496 e. The normalized spacial score (nSPS) is 20.9. The smallest absolute Gasteiger partial charge is 0.133 e. The average Bonchev–Trinajstić information content (AvgIpc) is 2.89. The monoisotopic (exact) mass is 343 g/mol. The van der Waals surface area contributed by atoms with Gasteiger partial charge in [0.1, 0.15) is 11.5 Å². The second kappa shape index (κ2) is 6.78. The van der Waals surface area contributed by atoms with Gasteiger partial charge in [-0.1, -0.05) is 0 Å². The van der Waals surface area contributed by atoms with Crippen LogP contribution in [0.1, 0.15) is 18.9 Å². The van der Waals surface area contributed by atoms with Crippen LogP contribution in [-0.4, -0.2) is 43.4 Å². The minimum Gasteiger partial charge on any atom is -0.496 e. The first-order chi connectivity index (χ1) is 9.55. The Bertz CT molecular complexity index is 465. The van der Waals surface area contributed by atoms with Crippen LogP contribution in [-0.2, 0) is 6.54 Å². The molecule has 2 rings (SSSR count). The molecule has 112 valence electrons. The Morgan fingerprint density at radius 3 is 2.60 bits per heavy atom. The number of ether oxygens (including phenoxy) is 2. The number of likely N-dealkylation sites (tertiary alicyclic amines) is 1. The number of nitrogens with zero attached hydrogens (tertiary/aromatic N) is 1. The lowest BCUT2D eigenvalue weighted by Crippen LogP contribution is -2.24. The number of aliphatic hydroxyl groups excluding tert-OH is 1. The molecule has 1 fully saturated rings. The van der Waals surface area contributed by atoms with Gasteiger partial charge >= 0.3 is 0 Å². The third kappa shape index (κ3) is 3.45. The molecule has 0 radical (unpaired) electrons. The van der Waals surface area contributed by atoms with Gasteiger partial charge in [0.05, 0.1) is 24.8 Å². The summed E-state index contributed by atoms with van der Waals surface area (Å²) in [4.78, 5) is 2.35. The molecule has 1 saturated heterocycles. The van der Waals surface area contributed by atoms with Crippen LogP contribution in [0.5, 0.6) is 11.5 Å². The summed E-state index contributed by atoms with van der Waals surface area (Å²) in [5.74, 6) is 2.04.